The van der Waals surface area contributed by atoms with E-state index in [1.54, 1.807) is 22.9 Å². The van der Waals surface area contributed by atoms with Gasteiger partial charge in [-0.3, -0.25) is 0 Å². The number of carbonyl (C=O) groups is 1. The molecule has 0 aliphatic rings. The summed E-state index contributed by atoms with van der Waals surface area (Å²) in [5.41, 5.74) is 1.45. The smallest absolute Gasteiger partial charge is 0.328 e. The SMILES string of the molecule is CCc1nc(CC)n(-c2cc(Cl)ccc2/C=C/C(=O)O)n1. The highest BCUT2D eigenvalue weighted by Crippen LogP contribution is 2.22. The van der Waals surface area contributed by atoms with E-state index in [0.717, 1.165) is 41.8 Å². The summed E-state index contributed by atoms with van der Waals surface area (Å²) in [6, 6.07) is 5.25. The molecule has 1 N–H and O–H groups in total. The maximum absolute atomic E-state index is 10.7. The van der Waals surface area contributed by atoms with Gasteiger partial charge >= 0.3 is 5.97 Å². The summed E-state index contributed by atoms with van der Waals surface area (Å²) in [4.78, 5) is 15.2. The first-order valence-electron chi connectivity index (χ1n) is 6.70. The van der Waals surface area contributed by atoms with Crippen LogP contribution in [0.15, 0.2) is 24.3 Å². The first-order valence-corrected chi connectivity index (χ1v) is 7.08. The lowest BCUT2D eigenvalue weighted by Crippen LogP contribution is -2.04. The number of hydrogen-bond acceptors (Lipinski definition) is 3. The molecular weight excluding hydrogens is 290 g/mol. The summed E-state index contributed by atoms with van der Waals surface area (Å²) in [7, 11) is 0. The van der Waals surface area contributed by atoms with Crippen molar-refractivity contribution in [2.45, 2.75) is 26.7 Å². The van der Waals surface area contributed by atoms with Crippen molar-refractivity contribution < 1.29 is 9.90 Å². The maximum Gasteiger partial charge on any atom is 0.328 e. The number of carboxylic acids is 1. The number of halogens is 1. The Morgan fingerprint density at radius 2 is 2.14 bits per heavy atom. The Bertz CT molecular complexity index is 692. The number of benzene rings is 1. The van der Waals surface area contributed by atoms with Gasteiger partial charge in [-0.1, -0.05) is 31.5 Å². The highest BCUT2D eigenvalue weighted by atomic mass is 35.5. The molecular formula is C15H16ClN3O2. The third kappa shape index (κ3) is 3.49. The molecule has 21 heavy (non-hydrogen) atoms. The van der Waals surface area contributed by atoms with Crippen molar-refractivity contribution in [2.24, 2.45) is 0 Å². The summed E-state index contributed by atoms with van der Waals surface area (Å²) in [6.45, 7) is 3.99. The Labute approximate surface area is 127 Å². The van der Waals surface area contributed by atoms with Gasteiger partial charge in [-0.05, 0) is 18.2 Å². The first-order chi connectivity index (χ1) is 10.0. The van der Waals surface area contributed by atoms with E-state index >= 15 is 0 Å². The number of aryl methyl sites for hydroxylation is 2. The van der Waals surface area contributed by atoms with Gasteiger partial charge in [0.25, 0.3) is 0 Å². The Morgan fingerprint density at radius 3 is 2.76 bits per heavy atom. The van der Waals surface area contributed by atoms with E-state index in [1.165, 1.54) is 6.08 Å². The van der Waals surface area contributed by atoms with Crippen LogP contribution in [-0.4, -0.2) is 25.8 Å². The van der Waals surface area contributed by atoms with Crippen molar-refractivity contribution in [3.63, 3.8) is 0 Å². The molecule has 0 aliphatic carbocycles. The lowest BCUT2D eigenvalue weighted by atomic mass is 10.1. The van der Waals surface area contributed by atoms with E-state index in [4.69, 9.17) is 16.7 Å². The molecule has 1 aromatic carbocycles. The molecule has 0 spiro atoms. The Balaban J connectivity index is 2.58. The topological polar surface area (TPSA) is 68.0 Å². The molecule has 0 saturated heterocycles. The van der Waals surface area contributed by atoms with Crippen LogP contribution in [0.25, 0.3) is 11.8 Å². The predicted octanol–water partition coefficient (Wildman–Crippen LogP) is 3.14. The van der Waals surface area contributed by atoms with Crippen LogP contribution < -0.4 is 0 Å². The van der Waals surface area contributed by atoms with Crippen LogP contribution in [0.3, 0.4) is 0 Å². The van der Waals surface area contributed by atoms with Gasteiger partial charge in [-0.2, -0.15) is 5.10 Å². The molecule has 2 aromatic rings. The van der Waals surface area contributed by atoms with Crippen molar-refractivity contribution in [2.75, 3.05) is 0 Å². The summed E-state index contributed by atoms with van der Waals surface area (Å²) in [5, 5.41) is 13.8. The summed E-state index contributed by atoms with van der Waals surface area (Å²) < 4.78 is 1.73. The summed E-state index contributed by atoms with van der Waals surface area (Å²) in [5.74, 6) is 0.568. The zero-order valence-corrected chi connectivity index (χ0v) is 12.6. The minimum atomic E-state index is -1.00. The highest BCUT2D eigenvalue weighted by Gasteiger charge is 2.12. The lowest BCUT2D eigenvalue weighted by molar-refractivity contribution is -0.131. The maximum atomic E-state index is 10.7. The van der Waals surface area contributed by atoms with Gasteiger partial charge in [-0.15, -0.1) is 0 Å². The average Bonchev–Trinajstić information content (AvgIpc) is 2.89. The average molecular weight is 306 g/mol. The number of aromatic nitrogens is 3. The molecule has 0 unspecified atom stereocenters. The fourth-order valence-corrected chi connectivity index (χ4v) is 2.13. The lowest BCUT2D eigenvalue weighted by Gasteiger charge is -2.09. The van der Waals surface area contributed by atoms with E-state index in [1.807, 2.05) is 13.8 Å². The van der Waals surface area contributed by atoms with E-state index in [0.29, 0.717) is 5.02 Å². The molecule has 0 radical (unpaired) electrons. The minimum absolute atomic E-state index is 0.563. The Kier molecular flexibility index (Phi) is 4.75. The van der Waals surface area contributed by atoms with Gasteiger partial charge in [0.2, 0.25) is 0 Å². The molecule has 0 aliphatic heterocycles. The normalized spacial score (nSPS) is 11.2. The number of carboxylic acid groups (broad SMARTS) is 1. The van der Waals surface area contributed by atoms with Gasteiger partial charge in [-0.25, -0.2) is 14.5 Å². The van der Waals surface area contributed by atoms with E-state index < -0.39 is 5.97 Å². The van der Waals surface area contributed by atoms with Gasteiger partial charge < -0.3 is 5.11 Å². The zero-order chi connectivity index (χ0) is 15.4. The largest absolute Gasteiger partial charge is 0.478 e. The second-order valence-electron chi connectivity index (χ2n) is 4.44. The molecule has 110 valence electrons. The number of nitrogens with zero attached hydrogens (tertiary/aromatic N) is 3. The fraction of sp³-hybridized carbons (Fsp3) is 0.267. The second kappa shape index (κ2) is 6.54. The van der Waals surface area contributed by atoms with Crippen LogP contribution >= 0.6 is 11.6 Å². The van der Waals surface area contributed by atoms with E-state index in [9.17, 15) is 4.79 Å². The monoisotopic (exact) mass is 305 g/mol. The number of rotatable bonds is 5. The first kappa shape index (κ1) is 15.3. The third-order valence-corrected chi connectivity index (χ3v) is 3.21. The Hall–Kier alpha value is -2.14. The number of aliphatic carboxylic acids is 1. The highest BCUT2D eigenvalue weighted by molar-refractivity contribution is 6.30. The van der Waals surface area contributed by atoms with Gasteiger partial charge in [0, 0.05) is 29.5 Å². The van der Waals surface area contributed by atoms with Gasteiger partial charge in [0.15, 0.2) is 5.82 Å². The zero-order valence-electron chi connectivity index (χ0n) is 11.9. The van der Waals surface area contributed by atoms with Crippen molar-refractivity contribution in [3.8, 4) is 5.69 Å². The molecule has 1 heterocycles. The molecule has 0 amide bonds. The molecule has 0 atom stereocenters. The van der Waals surface area contributed by atoms with Crippen molar-refractivity contribution in [3.05, 3.63) is 46.5 Å². The van der Waals surface area contributed by atoms with Crippen LogP contribution in [0.1, 0.15) is 31.1 Å². The predicted molar refractivity (Wildman–Crippen MR) is 81.8 cm³/mol. The molecule has 0 bridgehead atoms. The fourth-order valence-electron chi connectivity index (χ4n) is 1.97. The number of hydrogen-bond donors (Lipinski definition) is 1. The molecule has 5 nitrogen and oxygen atoms in total. The minimum Gasteiger partial charge on any atom is -0.478 e. The Morgan fingerprint density at radius 1 is 1.38 bits per heavy atom. The second-order valence-corrected chi connectivity index (χ2v) is 4.87. The van der Waals surface area contributed by atoms with E-state index in [2.05, 4.69) is 10.1 Å². The molecule has 0 fully saturated rings. The molecule has 2 rings (SSSR count). The molecule has 1 aromatic heterocycles. The van der Waals surface area contributed by atoms with Crippen LogP contribution in [0.2, 0.25) is 5.02 Å². The van der Waals surface area contributed by atoms with Crippen molar-refractivity contribution in [1.82, 2.24) is 14.8 Å². The molecule has 0 saturated carbocycles. The van der Waals surface area contributed by atoms with Gasteiger partial charge in [0.05, 0.1) is 5.69 Å². The van der Waals surface area contributed by atoms with Crippen LogP contribution in [0.4, 0.5) is 0 Å². The summed E-state index contributed by atoms with van der Waals surface area (Å²) >= 11 is 6.06. The quantitative estimate of drug-likeness (QED) is 0.862. The van der Waals surface area contributed by atoms with Crippen molar-refractivity contribution >= 4 is 23.6 Å². The standard InChI is InChI=1S/C15H16ClN3O2/c1-3-13-17-14(4-2)19(18-13)12-9-11(16)7-5-10(12)6-8-15(20)21/h5-9H,3-4H2,1-2H3,(H,20,21)/b8-6+. The van der Waals surface area contributed by atoms with Crippen LogP contribution in [0.5, 0.6) is 0 Å². The van der Waals surface area contributed by atoms with Gasteiger partial charge in [0.1, 0.15) is 5.82 Å². The van der Waals surface area contributed by atoms with Crippen molar-refractivity contribution in [1.29, 1.82) is 0 Å². The van der Waals surface area contributed by atoms with Crippen LogP contribution in [-0.2, 0) is 17.6 Å². The summed E-state index contributed by atoms with van der Waals surface area (Å²) in [6.07, 6.45) is 4.08. The molecule has 6 heteroatoms. The third-order valence-electron chi connectivity index (χ3n) is 2.98. The van der Waals surface area contributed by atoms with E-state index in [-0.39, 0.29) is 0 Å². The van der Waals surface area contributed by atoms with Crippen LogP contribution in [0, 0.1) is 0 Å².